The summed E-state index contributed by atoms with van der Waals surface area (Å²) in [6, 6.07) is 15.8. The van der Waals surface area contributed by atoms with Crippen LogP contribution in [0.5, 0.6) is 11.5 Å². The molecule has 8 heteroatoms. The van der Waals surface area contributed by atoms with Crippen molar-refractivity contribution in [2.45, 2.75) is 20.0 Å². The maximum Gasteiger partial charge on any atom is 0.194 e. The summed E-state index contributed by atoms with van der Waals surface area (Å²) in [5, 5.41) is 12.3. The summed E-state index contributed by atoms with van der Waals surface area (Å²) in [5.41, 5.74) is 3.09. The number of methoxy groups -OCH3 is 1. The Morgan fingerprint density at radius 3 is 2.72 bits per heavy atom. The number of hydrogen-bond donors (Lipinski definition) is 3. The van der Waals surface area contributed by atoms with Gasteiger partial charge in [0.05, 0.1) is 38.7 Å². The summed E-state index contributed by atoms with van der Waals surface area (Å²) in [4.78, 5) is 14.7. The maximum atomic E-state index is 8.96. The summed E-state index contributed by atoms with van der Waals surface area (Å²) in [7, 11) is 3.58. The molecule has 8 nitrogen and oxygen atoms in total. The third-order valence-corrected chi connectivity index (χ3v) is 4.78. The molecular formula is C24H31N5O3. The summed E-state index contributed by atoms with van der Waals surface area (Å²) in [6.07, 6.45) is 1.86. The Bertz CT molecular complexity index is 1000. The second kappa shape index (κ2) is 11.8. The van der Waals surface area contributed by atoms with Crippen LogP contribution in [0.4, 0.5) is 0 Å². The molecule has 0 radical (unpaired) electrons. The van der Waals surface area contributed by atoms with Gasteiger partial charge in [-0.1, -0.05) is 36.4 Å². The number of guanidine groups is 1. The van der Waals surface area contributed by atoms with E-state index in [1.807, 2.05) is 61.5 Å². The highest BCUT2D eigenvalue weighted by atomic mass is 16.5. The van der Waals surface area contributed by atoms with Gasteiger partial charge in [-0.25, -0.2) is 9.98 Å². The number of aliphatic hydroxyl groups is 1. The Morgan fingerprint density at radius 1 is 1.19 bits per heavy atom. The van der Waals surface area contributed by atoms with E-state index in [1.165, 1.54) is 0 Å². The van der Waals surface area contributed by atoms with Crippen molar-refractivity contribution in [3.63, 3.8) is 0 Å². The van der Waals surface area contributed by atoms with Crippen molar-refractivity contribution in [3.8, 4) is 22.8 Å². The lowest BCUT2D eigenvalue weighted by molar-refractivity contribution is 0.196. The molecule has 0 amide bonds. The second-order valence-electron chi connectivity index (χ2n) is 7.19. The van der Waals surface area contributed by atoms with Crippen LogP contribution in [0.3, 0.4) is 0 Å². The zero-order valence-electron chi connectivity index (χ0n) is 18.8. The molecule has 0 aliphatic carbocycles. The first-order valence-electron chi connectivity index (χ1n) is 10.6. The first-order valence-corrected chi connectivity index (χ1v) is 10.6. The number of nitrogens with one attached hydrogen (secondary N) is 2. The van der Waals surface area contributed by atoms with Gasteiger partial charge in [-0.3, -0.25) is 0 Å². The molecular weight excluding hydrogens is 406 g/mol. The van der Waals surface area contributed by atoms with Crippen molar-refractivity contribution in [1.82, 2.24) is 20.2 Å². The van der Waals surface area contributed by atoms with E-state index in [-0.39, 0.29) is 13.2 Å². The number of ether oxygens (including phenoxy) is 2. The average molecular weight is 438 g/mol. The fraction of sp³-hybridized carbons (Fsp3) is 0.333. The quantitative estimate of drug-likeness (QED) is 0.333. The average Bonchev–Trinajstić information content (AvgIpc) is 3.29. The second-order valence-corrected chi connectivity index (χ2v) is 7.19. The molecule has 0 aliphatic heterocycles. The number of benzene rings is 2. The van der Waals surface area contributed by atoms with E-state index in [4.69, 9.17) is 19.6 Å². The van der Waals surface area contributed by atoms with Crippen molar-refractivity contribution in [1.29, 1.82) is 0 Å². The Kier molecular flexibility index (Phi) is 8.51. The van der Waals surface area contributed by atoms with Crippen LogP contribution in [0.15, 0.2) is 59.7 Å². The van der Waals surface area contributed by atoms with E-state index in [2.05, 4.69) is 27.4 Å². The van der Waals surface area contributed by atoms with Crippen LogP contribution >= 0.6 is 0 Å². The van der Waals surface area contributed by atoms with Crippen LogP contribution in [-0.4, -0.2) is 59.8 Å². The Hall–Kier alpha value is -3.52. The van der Waals surface area contributed by atoms with Crippen molar-refractivity contribution in [2.24, 2.45) is 4.99 Å². The van der Waals surface area contributed by atoms with Crippen LogP contribution in [0.1, 0.15) is 18.3 Å². The predicted octanol–water partition coefficient (Wildman–Crippen LogP) is 3.05. The first-order chi connectivity index (χ1) is 15.6. The van der Waals surface area contributed by atoms with E-state index in [0.29, 0.717) is 24.6 Å². The number of nitrogens with zero attached hydrogens (tertiary/aromatic N) is 3. The lowest BCUT2D eigenvalue weighted by Crippen LogP contribution is -2.38. The van der Waals surface area contributed by atoms with Gasteiger partial charge in [0.2, 0.25) is 0 Å². The molecule has 0 fully saturated rings. The molecule has 1 heterocycles. The van der Waals surface area contributed by atoms with Gasteiger partial charge >= 0.3 is 0 Å². The predicted molar refractivity (Wildman–Crippen MR) is 126 cm³/mol. The highest BCUT2D eigenvalue weighted by Crippen LogP contribution is 2.28. The van der Waals surface area contributed by atoms with E-state index in [0.717, 1.165) is 35.1 Å². The number of aromatic amines is 1. The molecule has 0 unspecified atom stereocenters. The number of H-pyrrole nitrogens is 1. The zero-order chi connectivity index (χ0) is 22.8. The monoisotopic (exact) mass is 437 g/mol. The van der Waals surface area contributed by atoms with E-state index >= 15 is 0 Å². The number of hydrogen-bond acceptors (Lipinski definition) is 5. The summed E-state index contributed by atoms with van der Waals surface area (Å²) >= 11 is 0. The topological polar surface area (TPSA) is 95.0 Å². The third-order valence-electron chi connectivity index (χ3n) is 4.78. The number of imidazole rings is 1. The minimum absolute atomic E-state index is 0.0455. The van der Waals surface area contributed by atoms with Gasteiger partial charge in [-0.2, -0.15) is 0 Å². The zero-order valence-corrected chi connectivity index (χ0v) is 18.8. The highest BCUT2D eigenvalue weighted by Gasteiger charge is 2.11. The first kappa shape index (κ1) is 23.1. The largest absolute Gasteiger partial charge is 0.493 e. The molecule has 0 bridgehead atoms. The molecule has 32 heavy (non-hydrogen) atoms. The van der Waals surface area contributed by atoms with E-state index in [1.54, 1.807) is 7.11 Å². The summed E-state index contributed by atoms with van der Waals surface area (Å²) < 4.78 is 10.9. The van der Waals surface area contributed by atoms with Crippen LogP contribution in [-0.2, 0) is 13.1 Å². The number of aliphatic hydroxyl groups excluding tert-OH is 1. The lowest BCUT2D eigenvalue weighted by atomic mass is 10.2. The van der Waals surface area contributed by atoms with Crippen LogP contribution in [0.25, 0.3) is 11.3 Å². The molecule has 1 aromatic heterocycles. The smallest absolute Gasteiger partial charge is 0.194 e. The van der Waals surface area contributed by atoms with Crippen LogP contribution in [0.2, 0.25) is 0 Å². The van der Waals surface area contributed by atoms with Crippen LogP contribution in [0, 0.1) is 0 Å². The third kappa shape index (κ3) is 6.24. The fourth-order valence-corrected chi connectivity index (χ4v) is 3.23. The SMILES string of the molecule is CCNC(=NCc1ccc(OCCO)c(OC)c1)N(C)Cc1ncc(-c2ccccc2)[nH]1. The van der Waals surface area contributed by atoms with E-state index < -0.39 is 0 Å². The molecule has 170 valence electrons. The molecule has 3 N–H and O–H groups in total. The lowest BCUT2D eigenvalue weighted by Gasteiger charge is -2.21. The Labute approximate surface area is 188 Å². The molecule has 0 atom stereocenters. The highest BCUT2D eigenvalue weighted by molar-refractivity contribution is 5.79. The van der Waals surface area contributed by atoms with Gasteiger partial charge in [0, 0.05) is 13.6 Å². The van der Waals surface area contributed by atoms with Crippen LogP contribution < -0.4 is 14.8 Å². The number of aliphatic imine (C=N–C) groups is 1. The minimum Gasteiger partial charge on any atom is -0.493 e. The molecule has 0 saturated heterocycles. The fourth-order valence-electron chi connectivity index (χ4n) is 3.23. The summed E-state index contributed by atoms with van der Waals surface area (Å²) in [6.45, 7) is 4.05. The van der Waals surface area contributed by atoms with Crippen molar-refractivity contribution in [3.05, 3.63) is 66.1 Å². The molecule has 2 aromatic carbocycles. The molecule has 0 saturated carbocycles. The molecule has 3 rings (SSSR count). The Morgan fingerprint density at radius 2 is 2.00 bits per heavy atom. The van der Waals surface area contributed by atoms with Gasteiger partial charge < -0.3 is 29.8 Å². The molecule has 3 aromatic rings. The Balaban J connectivity index is 1.68. The van der Waals surface area contributed by atoms with Gasteiger partial charge in [-0.15, -0.1) is 0 Å². The van der Waals surface area contributed by atoms with Gasteiger partial charge in [0.15, 0.2) is 17.5 Å². The van der Waals surface area contributed by atoms with Gasteiger partial charge in [-0.05, 0) is 30.2 Å². The maximum absolute atomic E-state index is 8.96. The van der Waals surface area contributed by atoms with Gasteiger partial charge in [0.1, 0.15) is 12.4 Å². The number of rotatable bonds is 10. The van der Waals surface area contributed by atoms with Crippen molar-refractivity contribution < 1.29 is 14.6 Å². The normalized spacial score (nSPS) is 11.3. The number of aromatic nitrogens is 2. The van der Waals surface area contributed by atoms with Crippen molar-refractivity contribution >= 4 is 5.96 Å². The van der Waals surface area contributed by atoms with Crippen molar-refractivity contribution in [2.75, 3.05) is 33.9 Å². The minimum atomic E-state index is -0.0455. The summed E-state index contributed by atoms with van der Waals surface area (Å²) in [5.74, 6) is 2.87. The molecule has 0 aliphatic rings. The van der Waals surface area contributed by atoms with Gasteiger partial charge in [0.25, 0.3) is 0 Å². The van der Waals surface area contributed by atoms with E-state index in [9.17, 15) is 0 Å². The molecule has 0 spiro atoms. The standard InChI is InChI=1S/C24H31N5O3/c1-4-25-24(27-15-18-10-11-21(32-13-12-30)22(14-18)31-3)29(2)17-23-26-16-20(28-23)19-8-6-5-7-9-19/h5-11,14,16,30H,4,12-13,15,17H2,1-3H3,(H,25,27)(H,26,28).